The van der Waals surface area contributed by atoms with Gasteiger partial charge in [0.15, 0.2) is 11.6 Å². The minimum absolute atomic E-state index is 0.0958. The Kier molecular flexibility index (Phi) is 7.68. The van der Waals surface area contributed by atoms with Crippen LogP contribution >= 0.6 is 11.6 Å². The summed E-state index contributed by atoms with van der Waals surface area (Å²) in [4.78, 5) is 31.0. The number of nitrogens with zero attached hydrogens (tertiary/aromatic N) is 1. The predicted octanol–water partition coefficient (Wildman–Crippen LogP) is 9.96. The van der Waals surface area contributed by atoms with Crippen LogP contribution in [-0.2, 0) is 22.7 Å². The van der Waals surface area contributed by atoms with Gasteiger partial charge in [0, 0.05) is 58.4 Å². The highest BCUT2D eigenvalue weighted by atomic mass is 35.5. The zero-order valence-corrected chi connectivity index (χ0v) is 27.8. The molecule has 0 amide bonds. The minimum atomic E-state index is -0.537. The highest BCUT2D eigenvalue weighted by molar-refractivity contribution is 6.30. The Morgan fingerprint density at radius 2 is 1.35 bits per heavy atom. The smallest absolute Gasteiger partial charge is 0.162 e. The first kappa shape index (κ1) is 30.5. The number of ether oxygens (including phenoxy) is 1. The number of hydrogen-bond acceptors (Lipinski definition) is 4. The molecule has 0 spiro atoms. The van der Waals surface area contributed by atoms with E-state index in [0.717, 1.165) is 62.8 Å². The zero-order valence-electron chi connectivity index (χ0n) is 27.0. The predicted molar refractivity (Wildman–Crippen MR) is 185 cm³/mol. The molecule has 0 atom stereocenters. The fraction of sp³-hybridized carbons (Fsp3) is 0.317. The molecular formula is C41H40ClNO3. The summed E-state index contributed by atoms with van der Waals surface area (Å²) in [6, 6.07) is 30.5. The summed E-state index contributed by atoms with van der Waals surface area (Å²) < 4.78 is 6.63. The zero-order chi connectivity index (χ0) is 32.2. The maximum atomic E-state index is 14.4. The third-order valence-corrected chi connectivity index (χ3v) is 9.99. The fourth-order valence-corrected chi connectivity index (χ4v) is 7.95. The van der Waals surface area contributed by atoms with Crippen LogP contribution in [-0.4, -0.2) is 16.5 Å². The largest absolute Gasteiger partial charge is 0.489 e. The fourth-order valence-electron chi connectivity index (χ4n) is 7.77. The van der Waals surface area contributed by atoms with E-state index in [9.17, 15) is 9.59 Å². The van der Waals surface area contributed by atoms with E-state index in [1.165, 1.54) is 0 Å². The van der Waals surface area contributed by atoms with Gasteiger partial charge in [0.05, 0.1) is 0 Å². The van der Waals surface area contributed by atoms with E-state index in [4.69, 9.17) is 16.3 Å². The molecule has 0 N–H and O–H groups in total. The second-order valence-electron chi connectivity index (χ2n) is 14.7. The number of benzene rings is 4. The standard InChI is InChI=1S/C41H40ClNO3/c1-40(2)20-32-38(34(44)22-40)37(39-33(21-41(3,4)23-35(39)45)43(32)24-26-11-6-5-7-12-26)31-19-29(42)17-18-36(31)46-25-28-15-10-14-27-13-8-9-16-30(27)28/h5-19,37H,20-25H2,1-4H3. The lowest BCUT2D eigenvalue weighted by atomic mass is 9.63. The molecule has 1 heterocycles. The number of ketones is 2. The number of allylic oxidation sites excluding steroid dienone is 4. The number of Topliss-reactive ketones (excluding diaryl/α,β-unsaturated/α-hetero) is 2. The lowest BCUT2D eigenvalue weighted by Gasteiger charge is -2.49. The molecule has 3 aliphatic rings. The molecule has 0 fully saturated rings. The van der Waals surface area contributed by atoms with Crippen LogP contribution in [0.4, 0.5) is 0 Å². The van der Waals surface area contributed by atoms with Crippen molar-refractivity contribution in [1.82, 2.24) is 4.90 Å². The van der Waals surface area contributed by atoms with Gasteiger partial charge in [-0.1, -0.05) is 112 Å². The van der Waals surface area contributed by atoms with Gasteiger partial charge in [0.2, 0.25) is 0 Å². The average Bonchev–Trinajstić information content (AvgIpc) is 3.00. The van der Waals surface area contributed by atoms with Gasteiger partial charge in [0.1, 0.15) is 12.4 Å². The summed E-state index contributed by atoms with van der Waals surface area (Å²) in [6.07, 6.45) is 2.35. The minimum Gasteiger partial charge on any atom is -0.489 e. The Balaban J connectivity index is 1.40. The highest BCUT2D eigenvalue weighted by Crippen LogP contribution is 2.56. The van der Waals surface area contributed by atoms with E-state index in [1.54, 1.807) is 0 Å². The normalized spacial score (nSPS) is 19.4. The molecule has 0 bridgehead atoms. The number of rotatable bonds is 6. The Morgan fingerprint density at radius 3 is 2.02 bits per heavy atom. The van der Waals surface area contributed by atoms with Gasteiger partial charge in [-0.25, -0.2) is 0 Å². The summed E-state index contributed by atoms with van der Waals surface area (Å²) in [5, 5.41) is 2.84. The molecule has 4 aromatic rings. The molecule has 7 rings (SSSR count). The first-order valence-electron chi connectivity index (χ1n) is 16.2. The summed E-state index contributed by atoms with van der Waals surface area (Å²) in [7, 11) is 0. The third kappa shape index (κ3) is 5.69. The Morgan fingerprint density at radius 1 is 0.739 bits per heavy atom. The summed E-state index contributed by atoms with van der Waals surface area (Å²) in [6.45, 7) is 9.63. The lowest BCUT2D eigenvalue weighted by Crippen LogP contribution is -2.44. The number of hydrogen-bond donors (Lipinski definition) is 0. The van der Waals surface area contributed by atoms with Gasteiger partial charge < -0.3 is 9.64 Å². The molecule has 4 nitrogen and oxygen atoms in total. The van der Waals surface area contributed by atoms with Crippen LogP contribution in [0.1, 0.15) is 76.0 Å². The second kappa shape index (κ2) is 11.6. The van der Waals surface area contributed by atoms with E-state index in [1.807, 2.05) is 54.6 Å². The van der Waals surface area contributed by atoms with E-state index in [2.05, 4.69) is 69.0 Å². The van der Waals surface area contributed by atoms with Gasteiger partial charge >= 0.3 is 0 Å². The van der Waals surface area contributed by atoms with Crippen LogP contribution < -0.4 is 4.74 Å². The second-order valence-corrected chi connectivity index (χ2v) is 15.2. The topological polar surface area (TPSA) is 46.6 Å². The van der Waals surface area contributed by atoms with Crippen molar-refractivity contribution in [1.29, 1.82) is 0 Å². The highest BCUT2D eigenvalue weighted by Gasteiger charge is 2.49. The molecular weight excluding hydrogens is 590 g/mol. The SMILES string of the molecule is CC1(C)CC(=O)C2=C(C1)N(Cc1ccccc1)C1=C(C(=O)CC(C)(C)C1)C2c1cc(Cl)ccc1OCc1cccc2ccccc12. The van der Waals surface area contributed by atoms with Crippen LogP contribution in [0.25, 0.3) is 10.8 Å². The average molecular weight is 630 g/mol. The molecule has 0 saturated carbocycles. The first-order chi connectivity index (χ1) is 22.0. The van der Waals surface area contributed by atoms with Crippen LogP contribution in [0.3, 0.4) is 0 Å². The maximum absolute atomic E-state index is 14.4. The van der Waals surface area contributed by atoms with Gasteiger partial charge in [-0.15, -0.1) is 0 Å². The quantitative estimate of drug-likeness (QED) is 0.213. The number of carbonyl (C=O) groups is 2. The molecule has 5 heteroatoms. The molecule has 2 aliphatic carbocycles. The van der Waals surface area contributed by atoms with Gasteiger partial charge in [0.25, 0.3) is 0 Å². The molecule has 234 valence electrons. The van der Waals surface area contributed by atoms with Gasteiger partial charge in [-0.2, -0.15) is 0 Å². The number of carbonyl (C=O) groups excluding carboxylic acids is 2. The molecule has 1 aliphatic heterocycles. The molecule has 0 saturated heterocycles. The summed E-state index contributed by atoms with van der Waals surface area (Å²) >= 11 is 6.71. The van der Waals surface area contributed by atoms with E-state index in [0.29, 0.717) is 36.8 Å². The van der Waals surface area contributed by atoms with Gasteiger partial charge in [-0.05, 0) is 63.8 Å². The third-order valence-electron chi connectivity index (χ3n) is 9.75. The first-order valence-corrected chi connectivity index (χ1v) is 16.6. The van der Waals surface area contributed by atoms with Crippen LogP contribution in [0.15, 0.2) is 114 Å². The molecule has 0 unspecified atom stereocenters. The molecule has 0 radical (unpaired) electrons. The maximum Gasteiger partial charge on any atom is 0.162 e. The van der Waals surface area contributed by atoms with Crippen molar-refractivity contribution in [3.05, 3.63) is 135 Å². The summed E-state index contributed by atoms with van der Waals surface area (Å²) in [5.74, 6) is 0.301. The van der Waals surface area contributed by atoms with E-state index in [-0.39, 0.29) is 22.4 Å². The Hall–Kier alpha value is -4.15. The summed E-state index contributed by atoms with van der Waals surface area (Å²) in [5.41, 5.74) is 6.09. The monoisotopic (exact) mass is 629 g/mol. The molecule has 46 heavy (non-hydrogen) atoms. The van der Waals surface area contributed by atoms with Crippen molar-refractivity contribution in [2.75, 3.05) is 0 Å². The lowest BCUT2D eigenvalue weighted by molar-refractivity contribution is -0.119. The van der Waals surface area contributed by atoms with Crippen molar-refractivity contribution in [2.24, 2.45) is 10.8 Å². The number of halogens is 1. The number of fused-ring (bicyclic) bond motifs is 1. The molecule has 4 aromatic carbocycles. The van der Waals surface area contributed by atoms with Crippen molar-refractivity contribution in [3.63, 3.8) is 0 Å². The van der Waals surface area contributed by atoms with Crippen molar-refractivity contribution < 1.29 is 14.3 Å². The van der Waals surface area contributed by atoms with Crippen molar-refractivity contribution in [3.8, 4) is 5.75 Å². The van der Waals surface area contributed by atoms with Crippen molar-refractivity contribution >= 4 is 33.9 Å². The van der Waals surface area contributed by atoms with Gasteiger partial charge in [-0.3, -0.25) is 9.59 Å². The van der Waals surface area contributed by atoms with Crippen LogP contribution in [0.5, 0.6) is 5.75 Å². The van der Waals surface area contributed by atoms with E-state index < -0.39 is 5.92 Å². The Labute approximate surface area is 276 Å². The van der Waals surface area contributed by atoms with Crippen molar-refractivity contribution in [2.45, 2.75) is 72.4 Å². The van der Waals surface area contributed by atoms with Crippen LogP contribution in [0.2, 0.25) is 5.02 Å². The van der Waals surface area contributed by atoms with Crippen LogP contribution in [0, 0.1) is 10.8 Å². The molecule has 0 aromatic heterocycles. The van der Waals surface area contributed by atoms with E-state index >= 15 is 0 Å². The Bertz CT molecular complexity index is 1870.